The SMILES string of the molecule is Cc1nccn1Cc1noc(-c2ccccc2F)n1. The van der Waals surface area contributed by atoms with Gasteiger partial charge in [0.2, 0.25) is 0 Å². The van der Waals surface area contributed by atoms with Crippen LogP contribution in [0.5, 0.6) is 0 Å². The lowest BCUT2D eigenvalue weighted by Crippen LogP contribution is -2.02. The van der Waals surface area contributed by atoms with Gasteiger partial charge in [-0.15, -0.1) is 0 Å². The summed E-state index contributed by atoms with van der Waals surface area (Å²) in [7, 11) is 0. The molecule has 0 saturated heterocycles. The van der Waals surface area contributed by atoms with E-state index in [4.69, 9.17) is 4.52 Å². The van der Waals surface area contributed by atoms with Crippen LogP contribution >= 0.6 is 0 Å². The first-order chi connectivity index (χ1) is 9.24. The normalized spacial score (nSPS) is 10.8. The highest BCUT2D eigenvalue weighted by Crippen LogP contribution is 2.20. The summed E-state index contributed by atoms with van der Waals surface area (Å²) in [5, 5.41) is 3.85. The Morgan fingerprint density at radius 2 is 2.16 bits per heavy atom. The third-order valence-electron chi connectivity index (χ3n) is 2.81. The van der Waals surface area contributed by atoms with Gasteiger partial charge in [-0.1, -0.05) is 17.3 Å². The lowest BCUT2D eigenvalue weighted by Gasteiger charge is -1.99. The first-order valence-electron chi connectivity index (χ1n) is 5.79. The standard InChI is InChI=1S/C13H11FN4O/c1-9-15-6-7-18(9)8-12-16-13(19-17-12)10-4-2-3-5-11(10)14/h2-7H,8H2,1H3. The van der Waals surface area contributed by atoms with E-state index in [0.717, 1.165) is 5.82 Å². The van der Waals surface area contributed by atoms with Crippen LogP contribution in [0, 0.1) is 12.7 Å². The maximum atomic E-state index is 13.6. The molecule has 0 fully saturated rings. The molecule has 1 aromatic carbocycles. The van der Waals surface area contributed by atoms with Gasteiger partial charge in [0.1, 0.15) is 11.6 Å². The second kappa shape index (κ2) is 4.64. The van der Waals surface area contributed by atoms with E-state index in [-0.39, 0.29) is 11.7 Å². The van der Waals surface area contributed by atoms with Crippen molar-refractivity contribution in [2.75, 3.05) is 0 Å². The first kappa shape index (κ1) is 11.6. The van der Waals surface area contributed by atoms with Gasteiger partial charge in [0.05, 0.1) is 12.1 Å². The average molecular weight is 258 g/mol. The van der Waals surface area contributed by atoms with Crippen molar-refractivity contribution in [1.82, 2.24) is 19.7 Å². The van der Waals surface area contributed by atoms with Crippen LogP contribution in [-0.4, -0.2) is 19.7 Å². The van der Waals surface area contributed by atoms with Gasteiger partial charge in [-0.2, -0.15) is 4.98 Å². The van der Waals surface area contributed by atoms with Crippen LogP contribution in [-0.2, 0) is 6.54 Å². The molecule has 19 heavy (non-hydrogen) atoms. The molecule has 6 heteroatoms. The van der Waals surface area contributed by atoms with E-state index in [0.29, 0.717) is 17.9 Å². The van der Waals surface area contributed by atoms with Crippen LogP contribution in [0.3, 0.4) is 0 Å². The summed E-state index contributed by atoms with van der Waals surface area (Å²) in [6.07, 6.45) is 3.53. The van der Waals surface area contributed by atoms with Crippen molar-refractivity contribution in [2.24, 2.45) is 0 Å². The predicted octanol–water partition coefficient (Wildman–Crippen LogP) is 2.43. The number of hydrogen-bond donors (Lipinski definition) is 0. The number of hydrogen-bond acceptors (Lipinski definition) is 4. The Kier molecular flexibility index (Phi) is 2.83. The summed E-state index contributed by atoms with van der Waals surface area (Å²) >= 11 is 0. The van der Waals surface area contributed by atoms with E-state index >= 15 is 0 Å². The lowest BCUT2D eigenvalue weighted by molar-refractivity contribution is 0.418. The summed E-state index contributed by atoms with van der Waals surface area (Å²) in [6.45, 7) is 2.33. The zero-order valence-corrected chi connectivity index (χ0v) is 10.2. The number of aryl methyl sites for hydroxylation is 1. The van der Waals surface area contributed by atoms with Gasteiger partial charge < -0.3 is 9.09 Å². The Morgan fingerprint density at radius 1 is 1.32 bits per heavy atom. The van der Waals surface area contributed by atoms with Crippen molar-refractivity contribution in [3.63, 3.8) is 0 Å². The summed E-state index contributed by atoms with van der Waals surface area (Å²) in [4.78, 5) is 8.30. The van der Waals surface area contributed by atoms with E-state index in [1.807, 2.05) is 17.7 Å². The van der Waals surface area contributed by atoms with Gasteiger partial charge in [-0.05, 0) is 19.1 Å². The van der Waals surface area contributed by atoms with Crippen molar-refractivity contribution in [2.45, 2.75) is 13.5 Å². The maximum absolute atomic E-state index is 13.6. The van der Waals surface area contributed by atoms with Crippen molar-refractivity contribution >= 4 is 0 Å². The number of aromatic nitrogens is 4. The average Bonchev–Trinajstić information content (AvgIpc) is 3.01. The van der Waals surface area contributed by atoms with Gasteiger partial charge in [0, 0.05) is 12.4 Å². The Balaban J connectivity index is 1.88. The zero-order valence-electron chi connectivity index (χ0n) is 10.2. The Morgan fingerprint density at radius 3 is 2.89 bits per heavy atom. The molecule has 0 bridgehead atoms. The molecule has 3 aromatic rings. The van der Waals surface area contributed by atoms with Crippen LogP contribution in [0.1, 0.15) is 11.6 Å². The minimum atomic E-state index is -0.378. The predicted molar refractivity (Wildman–Crippen MR) is 65.8 cm³/mol. The van der Waals surface area contributed by atoms with Crippen molar-refractivity contribution in [1.29, 1.82) is 0 Å². The molecule has 0 saturated carbocycles. The highest BCUT2D eigenvalue weighted by Gasteiger charge is 2.13. The monoisotopic (exact) mass is 258 g/mol. The van der Waals surface area contributed by atoms with E-state index in [2.05, 4.69) is 15.1 Å². The van der Waals surface area contributed by atoms with E-state index < -0.39 is 0 Å². The highest BCUT2D eigenvalue weighted by atomic mass is 19.1. The van der Waals surface area contributed by atoms with Crippen LogP contribution in [0.25, 0.3) is 11.5 Å². The van der Waals surface area contributed by atoms with Crippen LogP contribution in [0.15, 0.2) is 41.2 Å². The molecular formula is C13H11FN4O. The molecular weight excluding hydrogens is 247 g/mol. The zero-order chi connectivity index (χ0) is 13.2. The quantitative estimate of drug-likeness (QED) is 0.724. The molecule has 0 aliphatic carbocycles. The molecule has 0 N–H and O–H groups in total. The summed E-state index contributed by atoms with van der Waals surface area (Å²) in [5.74, 6) is 1.15. The molecule has 96 valence electrons. The molecule has 0 aliphatic heterocycles. The second-order valence-corrected chi connectivity index (χ2v) is 4.10. The third kappa shape index (κ3) is 2.24. The molecule has 0 aliphatic rings. The van der Waals surface area contributed by atoms with Gasteiger partial charge in [0.15, 0.2) is 5.82 Å². The Hall–Kier alpha value is -2.50. The van der Waals surface area contributed by atoms with Gasteiger partial charge in [0.25, 0.3) is 5.89 Å². The molecule has 0 unspecified atom stereocenters. The Labute approximate surface area is 108 Å². The van der Waals surface area contributed by atoms with E-state index in [9.17, 15) is 4.39 Å². The van der Waals surface area contributed by atoms with Crippen LogP contribution in [0.4, 0.5) is 4.39 Å². The third-order valence-corrected chi connectivity index (χ3v) is 2.81. The number of imidazole rings is 1. The fourth-order valence-electron chi connectivity index (χ4n) is 1.79. The minimum Gasteiger partial charge on any atom is -0.334 e. The molecule has 0 amide bonds. The fourth-order valence-corrected chi connectivity index (χ4v) is 1.79. The molecule has 5 nitrogen and oxygen atoms in total. The van der Waals surface area contributed by atoms with Crippen molar-refractivity contribution < 1.29 is 8.91 Å². The van der Waals surface area contributed by atoms with Gasteiger partial charge >= 0.3 is 0 Å². The number of nitrogens with zero attached hydrogens (tertiary/aromatic N) is 4. The molecule has 2 heterocycles. The topological polar surface area (TPSA) is 56.7 Å². The summed E-state index contributed by atoms with van der Waals surface area (Å²) < 4.78 is 20.6. The Bertz CT molecular complexity index is 704. The minimum absolute atomic E-state index is 0.186. The van der Waals surface area contributed by atoms with Gasteiger partial charge in [-0.3, -0.25) is 0 Å². The summed E-state index contributed by atoms with van der Waals surface area (Å²) in [6, 6.07) is 6.31. The maximum Gasteiger partial charge on any atom is 0.260 e. The molecule has 0 spiro atoms. The highest BCUT2D eigenvalue weighted by molar-refractivity contribution is 5.53. The first-order valence-corrected chi connectivity index (χ1v) is 5.79. The fraction of sp³-hybridized carbons (Fsp3) is 0.154. The van der Waals surface area contributed by atoms with Crippen LogP contribution in [0.2, 0.25) is 0 Å². The molecule has 3 rings (SSSR count). The van der Waals surface area contributed by atoms with E-state index in [1.165, 1.54) is 6.07 Å². The lowest BCUT2D eigenvalue weighted by atomic mass is 10.2. The largest absolute Gasteiger partial charge is 0.334 e. The summed E-state index contributed by atoms with van der Waals surface area (Å²) in [5.41, 5.74) is 0.309. The van der Waals surface area contributed by atoms with Crippen molar-refractivity contribution in [3.05, 3.63) is 54.1 Å². The molecule has 0 atom stereocenters. The molecule has 0 radical (unpaired) electrons. The number of halogens is 1. The number of rotatable bonds is 3. The molecule has 2 aromatic heterocycles. The van der Waals surface area contributed by atoms with Crippen molar-refractivity contribution in [3.8, 4) is 11.5 Å². The smallest absolute Gasteiger partial charge is 0.260 e. The van der Waals surface area contributed by atoms with Crippen LogP contribution < -0.4 is 0 Å². The second-order valence-electron chi connectivity index (χ2n) is 4.10. The number of benzene rings is 1. The van der Waals surface area contributed by atoms with E-state index in [1.54, 1.807) is 24.4 Å². The van der Waals surface area contributed by atoms with Gasteiger partial charge in [-0.25, -0.2) is 9.37 Å².